The molecule has 0 spiro atoms. The van der Waals surface area contributed by atoms with Gasteiger partial charge in [-0.1, -0.05) is 6.07 Å². The Morgan fingerprint density at radius 3 is 2.43 bits per heavy atom. The van der Waals surface area contributed by atoms with Crippen molar-refractivity contribution in [2.45, 2.75) is 12.4 Å². The first-order valence-corrected chi connectivity index (χ1v) is 9.68. The molecule has 3 aromatic rings. The number of anilines is 3. The van der Waals surface area contributed by atoms with Crippen LogP contribution in [0.1, 0.15) is 11.4 Å². The summed E-state index contributed by atoms with van der Waals surface area (Å²) in [4.78, 5) is 20.6. The minimum Gasteiger partial charge on any atom is -0.324 e. The van der Waals surface area contributed by atoms with Crippen LogP contribution in [0.2, 0.25) is 0 Å². The molecule has 0 aromatic carbocycles. The van der Waals surface area contributed by atoms with Crippen molar-refractivity contribution in [3.05, 3.63) is 71.8 Å². The van der Waals surface area contributed by atoms with E-state index in [0.29, 0.717) is 5.57 Å². The lowest BCUT2D eigenvalue weighted by atomic mass is 10.2. The molecule has 35 heavy (non-hydrogen) atoms. The average molecular weight is 490 g/mol. The molecule has 0 atom stereocenters. The fraction of sp³-hybridized carbons (Fsp3) is 0.143. The Kier molecular flexibility index (Phi) is 6.08. The van der Waals surface area contributed by atoms with E-state index in [4.69, 9.17) is 0 Å². The molecule has 0 saturated carbocycles. The van der Waals surface area contributed by atoms with Crippen molar-refractivity contribution in [3.8, 4) is 17.6 Å². The molecule has 8 nitrogen and oxygen atoms in total. The molecule has 1 aliphatic heterocycles. The van der Waals surface area contributed by atoms with Crippen LogP contribution in [0.15, 0.2) is 60.5 Å². The lowest BCUT2D eigenvalue weighted by molar-refractivity contribution is -0.141. The van der Waals surface area contributed by atoms with Crippen LogP contribution in [0.25, 0.3) is 11.5 Å². The van der Waals surface area contributed by atoms with Gasteiger partial charge in [0.1, 0.15) is 17.1 Å². The summed E-state index contributed by atoms with van der Waals surface area (Å²) in [6.07, 6.45) is -3.87. The van der Waals surface area contributed by atoms with Crippen LogP contribution < -0.4 is 10.2 Å². The highest BCUT2D eigenvalue weighted by molar-refractivity contribution is 5.60. The Morgan fingerprint density at radius 1 is 0.943 bits per heavy atom. The minimum absolute atomic E-state index is 0.0550. The van der Waals surface area contributed by atoms with Crippen molar-refractivity contribution < 1.29 is 26.3 Å². The van der Waals surface area contributed by atoms with Gasteiger partial charge in [0.05, 0.1) is 12.6 Å². The number of allylic oxidation sites excluding steroid dienone is 2. The quantitative estimate of drug-likeness (QED) is 0.516. The Balaban J connectivity index is 1.78. The molecule has 0 unspecified atom stereocenters. The Morgan fingerprint density at radius 2 is 1.71 bits per heavy atom. The summed E-state index contributed by atoms with van der Waals surface area (Å²) in [6, 6.07) is 7.09. The number of alkyl halides is 6. The number of rotatable bonds is 4. The lowest BCUT2D eigenvalue weighted by Gasteiger charge is -2.21. The number of nitrogens with one attached hydrogen (secondary N) is 1. The van der Waals surface area contributed by atoms with Crippen LogP contribution >= 0.6 is 0 Å². The van der Waals surface area contributed by atoms with Crippen LogP contribution in [0, 0.1) is 11.3 Å². The maximum Gasteiger partial charge on any atom is 0.433 e. The smallest absolute Gasteiger partial charge is 0.324 e. The largest absolute Gasteiger partial charge is 0.433 e. The molecular weight excluding hydrogens is 478 g/mol. The van der Waals surface area contributed by atoms with Gasteiger partial charge >= 0.3 is 12.4 Å². The molecule has 4 heterocycles. The van der Waals surface area contributed by atoms with Crippen LogP contribution in [-0.4, -0.2) is 31.5 Å². The van der Waals surface area contributed by atoms with E-state index in [2.05, 4.69) is 30.2 Å². The molecular formula is C21H12F6N8. The van der Waals surface area contributed by atoms with Crippen LogP contribution in [0.3, 0.4) is 0 Å². The van der Waals surface area contributed by atoms with E-state index in [1.807, 2.05) is 6.07 Å². The number of aromatic nitrogens is 5. The summed E-state index contributed by atoms with van der Waals surface area (Å²) in [5, 5.41) is 11.8. The maximum atomic E-state index is 13.2. The second kappa shape index (κ2) is 9.01. The predicted molar refractivity (Wildman–Crippen MR) is 111 cm³/mol. The lowest BCUT2D eigenvalue weighted by Crippen LogP contribution is -2.24. The first-order valence-electron chi connectivity index (χ1n) is 9.68. The number of hydrogen-bond donors (Lipinski definition) is 1. The van der Waals surface area contributed by atoms with Gasteiger partial charge in [0, 0.05) is 23.7 Å². The van der Waals surface area contributed by atoms with E-state index < -0.39 is 23.7 Å². The first kappa shape index (κ1) is 23.6. The van der Waals surface area contributed by atoms with Crippen LogP contribution in [0.4, 0.5) is 43.9 Å². The third-order valence-electron chi connectivity index (χ3n) is 4.50. The van der Waals surface area contributed by atoms with Gasteiger partial charge in [-0.15, -0.1) is 0 Å². The molecule has 0 amide bonds. The molecule has 178 valence electrons. The van der Waals surface area contributed by atoms with Crippen molar-refractivity contribution in [1.82, 2.24) is 24.9 Å². The zero-order chi connectivity index (χ0) is 25.2. The van der Waals surface area contributed by atoms with Gasteiger partial charge in [-0.2, -0.15) is 46.6 Å². The van der Waals surface area contributed by atoms with E-state index in [1.165, 1.54) is 23.2 Å². The average Bonchev–Trinajstić information content (AvgIpc) is 2.83. The standard InChI is InChI=1S/C21H12F6N8/c22-20(23,24)15-5-1-4-14(31-15)17-32-18(30-13-6-7-29-16(9-13)21(25,26)27)34-19(33-17)35-8-2-3-12(10-28)11-35/h1-9H,11H2,(H,29,30,32,33,34). The second-order valence-corrected chi connectivity index (χ2v) is 7.01. The fourth-order valence-electron chi connectivity index (χ4n) is 2.94. The molecule has 1 N–H and O–H groups in total. The van der Waals surface area contributed by atoms with E-state index in [9.17, 15) is 31.6 Å². The molecule has 14 heteroatoms. The molecule has 0 radical (unpaired) electrons. The Labute approximate surface area is 193 Å². The van der Waals surface area contributed by atoms with E-state index in [1.54, 1.807) is 12.2 Å². The van der Waals surface area contributed by atoms with Gasteiger partial charge in [0.15, 0.2) is 5.82 Å². The van der Waals surface area contributed by atoms with Crippen molar-refractivity contribution in [2.24, 2.45) is 0 Å². The number of halogens is 6. The SMILES string of the molecule is N#CC1=CC=CN(c2nc(Nc3ccnc(C(F)(F)F)c3)nc(-c3cccc(C(F)(F)F)n3)n2)C1. The predicted octanol–water partition coefficient (Wildman–Crippen LogP) is 4.89. The van der Waals surface area contributed by atoms with Crippen molar-refractivity contribution in [2.75, 3.05) is 16.8 Å². The highest BCUT2D eigenvalue weighted by atomic mass is 19.4. The van der Waals surface area contributed by atoms with Gasteiger partial charge in [-0.05, 0) is 36.4 Å². The Hall–Kier alpha value is -4.54. The van der Waals surface area contributed by atoms with E-state index in [-0.39, 0.29) is 35.6 Å². The highest BCUT2D eigenvalue weighted by Gasteiger charge is 2.33. The van der Waals surface area contributed by atoms with Gasteiger partial charge in [0.25, 0.3) is 0 Å². The number of hydrogen-bond acceptors (Lipinski definition) is 8. The summed E-state index contributed by atoms with van der Waals surface area (Å²) in [7, 11) is 0. The van der Waals surface area contributed by atoms with Gasteiger partial charge < -0.3 is 10.2 Å². The van der Waals surface area contributed by atoms with Gasteiger partial charge in [-0.25, -0.2) is 4.98 Å². The van der Waals surface area contributed by atoms with E-state index in [0.717, 1.165) is 24.4 Å². The minimum atomic E-state index is -4.72. The Bertz CT molecular complexity index is 1360. The molecule has 0 bridgehead atoms. The zero-order valence-electron chi connectivity index (χ0n) is 17.3. The summed E-state index contributed by atoms with van der Waals surface area (Å²) in [5.74, 6) is -0.598. The normalized spacial score (nSPS) is 13.9. The number of pyridine rings is 2. The third-order valence-corrected chi connectivity index (χ3v) is 4.50. The molecule has 0 saturated heterocycles. The summed E-state index contributed by atoms with van der Waals surface area (Å²) in [6.45, 7) is 0.0550. The van der Waals surface area contributed by atoms with Crippen LogP contribution in [-0.2, 0) is 12.4 Å². The summed E-state index contributed by atoms with van der Waals surface area (Å²) < 4.78 is 78.5. The monoisotopic (exact) mass is 490 g/mol. The second-order valence-electron chi connectivity index (χ2n) is 7.01. The number of nitrogens with zero attached hydrogens (tertiary/aromatic N) is 7. The fourth-order valence-corrected chi connectivity index (χ4v) is 2.94. The van der Waals surface area contributed by atoms with Gasteiger partial charge in [0.2, 0.25) is 11.9 Å². The molecule has 1 aliphatic rings. The topological polar surface area (TPSA) is 104 Å². The molecule has 4 rings (SSSR count). The molecule has 0 aliphatic carbocycles. The third kappa shape index (κ3) is 5.52. The zero-order valence-corrected chi connectivity index (χ0v) is 17.3. The number of nitriles is 1. The van der Waals surface area contributed by atoms with Crippen molar-refractivity contribution in [1.29, 1.82) is 5.26 Å². The van der Waals surface area contributed by atoms with Crippen molar-refractivity contribution in [3.63, 3.8) is 0 Å². The van der Waals surface area contributed by atoms with Crippen molar-refractivity contribution >= 4 is 17.6 Å². The molecule has 3 aromatic heterocycles. The van der Waals surface area contributed by atoms with E-state index >= 15 is 0 Å². The molecule has 0 fully saturated rings. The van der Waals surface area contributed by atoms with Gasteiger partial charge in [-0.3, -0.25) is 4.98 Å². The maximum absolute atomic E-state index is 13.2. The summed E-state index contributed by atoms with van der Waals surface area (Å²) in [5.41, 5.74) is -2.30. The van der Waals surface area contributed by atoms with Crippen LogP contribution in [0.5, 0.6) is 0 Å². The highest BCUT2D eigenvalue weighted by Crippen LogP contribution is 2.31. The first-order chi connectivity index (χ1) is 16.5. The summed E-state index contributed by atoms with van der Waals surface area (Å²) >= 11 is 0.